The summed E-state index contributed by atoms with van der Waals surface area (Å²) in [5.74, 6) is 1.60. The zero-order valence-corrected chi connectivity index (χ0v) is 15.6. The van der Waals surface area contributed by atoms with E-state index >= 15 is 0 Å². The van der Waals surface area contributed by atoms with Gasteiger partial charge in [0.2, 0.25) is 17.7 Å². The van der Waals surface area contributed by atoms with Gasteiger partial charge in [0.1, 0.15) is 0 Å². The molecule has 1 atom stereocenters. The summed E-state index contributed by atoms with van der Waals surface area (Å²) in [6.07, 6.45) is 8.22. The Morgan fingerprint density at radius 2 is 1.73 bits per heavy atom. The normalized spacial score (nSPS) is 21.6. The van der Waals surface area contributed by atoms with E-state index in [9.17, 15) is 9.59 Å². The number of hydrogen-bond donors (Lipinski definition) is 0. The summed E-state index contributed by atoms with van der Waals surface area (Å²) in [6.45, 7) is 3.43. The molecule has 1 aromatic heterocycles. The lowest BCUT2D eigenvalue weighted by molar-refractivity contribution is -0.146. The number of nitrogens with zero attached hydrogens (tertiary/aromatic N) is 3. The van der Waals surface area contributed by atoms with Crippen molar-refractivity contribution in [1.29, 1.82) is 0 Å². The largest absolute Gasteiger partial charge is 0.466 e. The van der Waals surface area contributed by atoms with Crippen LogP contribution in [0.1, 0.15) is 88.3 Å². The Morgan fingerprint density at radius 1 is 1.04 bits per heavy atom. The van der Waals surface area contributed by atoms with E-state index in [0.29, 0.717) is 25.0 Å². The van der Waals surface area contributed by atoms with Crippen molar-refractivity contribution in [1.82, 2.24) is 15.1 Å². The zero-order valence-electron chi connectivity index (χ0n) is 15.6. The van der Waals surface area contributed by atoms with E-state index < -0.39 is 0 Å². The number of hydrogen-bond acceptors (Lipinski definition) is 6. The van der Waals surface area contributed by atoms with Crippen molar-refractivity contribution in [2.24, 2.45) is 0 Å². The Kier molecular flexibility index (Phi) is 6.63. The fourth-order valence-corrected chi connectivity index (χ4v) is 3.93. The smallest absolute Gasteiger partial charge is 0.306 e. The molecule has 2 heterocycles. The maximum Gasteiger partial charge on any atom is 0.306 e. The number of rotatable bonds is 6. The molecule has 2 aliphatic rings. The van der Waals surface area contributed by atoms with Crippen molar-refractivity contribution in [3.05, 3.63) is 11.8 Å². The number of carbonyl (C=O) groups excluding carboxylic acids is 2. The molecule has 1 saturated carbocycles. The molecule has 1 aliphatic carbocycles. The van der Waals surface area contributed by atoms with Crippen LogP contribution in [0, 0.1) is 0 Å². The SMILES string of the molecule is CCOC(=O)CCC(=O)N1CCCC(c2nnc(C3CCCCC3)o2)C1. The molecule has 2 fully saturated rings. The molecule has 1 amide bonds. The summed E-state index contributed by atoms with van der Waals surface area (Å²) < 4.78 is 10.9. The number of esters is 1. The van der Waals surface area contributed by atoms with E-state index in [4.69, 9.17) is 9.15 Å². The van der Waals surface area contributed by atoms with Crippen LogP contribution in [0.4, 0.5) is 0 Å². The second kappa shape index (κ2) is 9.14. The standard InChI is InChI=1S/C19H29N3O4/c1-2-25-17(24)11-10-16(23)22-12-6-9-15(13-22)19-21-20-18(26-19)14-7-4-3-5-8-14/h14-15H,2-13H2,1H3. The second-order valence-electron chi connectivity index (χ2n) is 7.30. The van der Waals surface area contributed by atoms with Gasteiger partial charge >= 0.3 is 5.97 Å². The minimum absolute atomic E-state index is 0.00484. The van der Waals surface area contributed by atoms with Gasteiger partial charge in [-0.05, 0) is 32.6 Å². The molecule has 0 aromatic carbocycles. The van der Waals surface area contributed by atoms with Crippen molar-refractivity contribution in [3.8, 4) is 0 Å². The molecule has 1 aromatic rings. The van der Waals surface area contributed by atoms with Crippen molar-refractivity contribution < 1.29 is 18.7 Å². The summed E-state index contributed by atoms with van der Waals surface area (Å²) in [5, 5.41) is 8.56. The van der Waals surface area contributed by atoms with Crippen LogP contribution >= 0.6 is 0 Å². The number of amides is 1. The minimum atomic E-state index is -0.316. The van der Waals surface area contributed by atoms with Gasteiger partial charge in [0.15, 0.2) is 0 Å². The lowest BCUT2D eigenvalue weighted by Gasteiger charge is -2.31. The van der Waals surface area contributed by atoms with Gasteiger partial charge in [0.25, 0.3) is 0 Å². The quantitative estimate of drug-likeness (QED) is 0.722. The topological polar surface area (TPSA) is 85.5 Å². The average molecular weight is 363 g/mol. The van der Waals surface area contributed by atoms with Crippen molar-refractivity contribution in [3.63, 3.8) is 0 Å². The first-order valence-corrected chi connectivity index (χ1v) is 9.94. The Hall–Kier alpha value is -1.92. The highest BCUT2D eigenvalue weighted by molar-refractivity contribution is 5.81. The molecular weight excluding hydrogens is 334 g/mol. The summed E-state index contributed by atoms with van der Waals surface area (Å²) in [6, 6.07) is 0. The van der Waals surface area contributed by atoms with E-state index in [0.717, 1.165) is 38.1 Å². The monoisotopic (exact) mass is 363 g/mol. The van der Waals surface area contributed by atoms with E-state index in [1.54, 1.807) is 6.92 Å². The van der Waals surface area contributed by atoms with E-state index in [2.05, 4.69) is 10.2 Å². The highest BCUT2D eigenvalue weighted by Crippen LogP contribution is 2.34. The molecule has 7 nitrogen and oxygen atoms in total. The average Bonchev–Trinajstić information content (AvgIpc) is 3.17. The first-order valence-electron chi connectivity index (χ1n) is 9.94. The number of carbonyl (C=O) groups is 2. The van der Waals surface area contributed by atoms with E-state index in [1.807, 2.05) is 4.90 Å². The molecule has 1 unspecified atom stereocenters. The van der Waals surface area contributed by atoms with Crippen LogP contribution in [0.3, 0.4) is 0 Å². The van der Waals surface area contributed by atoms with Gasteiger partial charge in [0, 0.05) is 25.4 Å². The van der Waals surface area contributed by atoms with Crippen molar-refractivity contribution in [2.45, 2.75) is 76.5 Å². The highest BCUT2D eigenvalue weighted by Gasteiger charge is 2.30. The molecular formula is C19H29N3O4. The fourth-order valence-electron chi connectivity index (χ4n) is 3.93. The lowest BCUT2D eigenvalue weighted by Crippen LogP contribution is -2.39. The summed E-state index contributed by atoms with van der Waals surface area (Å²) in [5.41, 5.74) is 0. The number of likely N-dealkylation sites (tertiary alicyclic amines) is 1. The van der Waals surface area contributed by atoms with Crippen LogP contribution in [0.2, 0.25) is 0 Å². The molecule has 7 heteroatoms. The minimum Gasteiger partial charge on any atom is -0.466 e. The molecule has 144 valence electrons. The molecule has 0 N–H and O–H groups in total. The Labute approximate surface area is 154 Å². The third-order valence-electron chi connectivity index (χ3n) is 5.38. The summed E-state index contributed by atoms with van der Waals surface area (Å²) >= 11 is 0. The molecule has 0 spiro atoms. The summed E-state index contributed by atoms with van der Waals surface area (Å²) in [7, 11) is 0. The lowest BCUT2D eigenvalue weighted by atomic mass is 9.89. The number of piperidine rings is 1. The molecule has 0 radical (unpaired) electrons. The maximum absolute atomic E-state index is 12.4. The predicted octanol–water partition coefficient (Wildman–Crippen LogP) is 3.17. The third kappa shape index (κ3) is 4.83. The number of ether oxygens (including phenoxy) is 1. The molecule has 1 saturated heterocycles. The van der Waals surface area contributed by atoms with Crippen LogP contribution in [-0.2, 0) is 14.3 Å². The summed E-state index contributed by atoms with van der Waals surface area (Å²) in [4.78, 5) is 25.6. The predicted molar refractivity (Wildman–Crippen MR) is 94.5 cm³/mol. The van der Waals surface area contributed by atoms with E-state index in [1.165, 1.54) is 19.3 Å². The van der Waals surface area contributed by atoms with Crippen LogP contribution in [0.25, 0.3) is 0 Å². The van der Waals surface area contributed by atoms with Crippen LogP contribution in [0.5, 0.6) is 0 Å². The zero-order chi connectivity index (χ0) is 18.4. The van der Waals surface area contributed by atoms with Crippen molar-refractivity contribution in [2.75, 3.05) is 19.7 Å². The second-order valence-corrected chi connectivity index (χ2v) is 7.30. The molecule has 26 heavy (non-hydrogen) atoms. The first kappa shape index (κ1) is 18.9. The number of aromatic nitrogens is 2. The third-order valence-corrected chi connectivity index (χ3v) is 5.38. The molecule has 1 aliphatic heterocycles. The highest BCUT2D eigenvalue weighted by atomic mass is 16.5. The van der Waals surface area contributed by atoms with E-state index in [-0.39, 0.29) is 30.6 Å². The Morgan fingerprint density at radius 3 is 2.46 bits per heavy atom. The van der Waals surface area contributed by atoms with Gasteiger partial charge in [-0.15, -0.1) is 10.2 Å². The molecule has 0 bridgehead atoms. The molecule has 3 rings (SSSR count). The maximum atomic E-state index is 12.4. The van der Waals surface area contributed by atoms with Gasteiger partial charge in [0.05, 0.1) is 18.9 Å². The van der Waals surface area contributed by atoms with Gasteiger partial charge in [-0.1, -0.05) is 19.3 Å². The fraction of sp³-hybridized carbons (Fsp3) is 0.789. The first-order chi connectivity index (χ1) is 12.7. The van der Waals surface area contributed by atoms with Crippen LogP contribution in [-0.4, -0.2) is 46.7 Å². The Balaban J connectivity index is 1.54. The van der Waals surface area contributed by atoms with Gasteiger partial charge in [-0.2, -0.15) is 0 Å². The van der Waals surface area contributed by atoms with Crippen LogP contribution in [0.15, 0.2) is 4.42 Å². The van der Waals surface area contributed by atoms with Gasteiger partial charge in [-0.25, -0.2) is 0 Å². The van der Waals surface area contributed by atoms with Gasteiger partial charge in [-0.3, -0.25) is 9.59 Å². The van der Waals surface area contributed by atoms with Crippen LogP contribution < -0.4 is 0 Å². The Bertz CT molecular complexity index is 610. The van der Waals surface area contributed by atoms with Crippen molar-refractivity contribution >= 4 is 11.9 Å². The van der Waals surface area contributed by atoms with Gasteiger partial charge < -0.3 is 14.1 Å².